The second-order valence-electron chi connectivity index (χ2n) is 3.48. The smallest absolute Gasteiger partial charge is 0.257 e. The number of nitrogens with one attached hydrogen (secondary N) is 1. The van der Waals surface area contributed by atoms with Crippen LogP contribution in [0, 0.1) is 10.1 Å². The Kier molecular flexibility index (Phi) is 3.38. The first-order chi connectivity index (χ1) is 8.15. The predicted molar refractivity (Wildman–Crippen MR) is 62.1 cm³/mol. The molecule has 1 aliphatic heterocycles. The average molecular weight is 259 g/mol. The van der Waals surface area contributed by atoms with Gasteiger partial charge in [-0.1, -0.05) is 23.1 Å². The summed E-state index contributed by atoms with van der Waals surface area (Å²) in [5.41, 5.74) is 3.00. The van der Waals surface area contributed by atoms with E-state index < -0.39 is 5.03 Å². The minimum Gasteiger partial charge on any atom is -0.332 e. The number of hydrogen-bond acceptors (Lipinski definition) is 5. The number of nitro groups is 1. The van der Waals surface area contributed by atoms with E-state index in [1.807, 2.05) is 6.07 Å². The molecular formula is C9H10ClN5O2. The molecule has 2 heterocycles. The van der Waals surface area contributed by atoms with Crippen molar-refractivity contribution >= 4 is 17.6 Å². The van der Waals surface area contributed by atoms with E-state index in [9.17, 15) is 10.1 Å². The molecule has 7 nitrogen and oxygen atoms in total. The van der Waals surface area contributed by atoms with Gasteiger partial charge in [0.2, 0.25) is 0 Å². The molecule has 8 heteroatoms. The molecule has 0 fully saturated rings. The second kappa shape index (κ2) is 4.96. The third-order valence-electron chi connectivity index (χ3n) is 2.28. The molecular weight excluding hydrogens is 249 g/mol. The van der Waals surface area contributed by atoms with Crippen LogP contribution < -0.4 is 5.43 Å². The average Bonchev–Trinajstić information content (AvgIpc) is 2.68. The Bertz CT molecular complexity index is 447. The molecule has 1 aromatic rings. The summed E-state index contributed by atoms with van der Waals surface area (Å²) in [5, 5.41) is 10.2. The van der Waals surface area contributed by atoms with Crippen LogP contribution in [0.15, 0.2) is 23.3 Å². The van der Waals surface area contributed by atoms with Crippen molar-refractivity contribution < 1.29 is 5.03 Å². The highest BCUT2D eigenvalue weighted by molar-refractivity contribution is 6.29. The topological polar surface area (TPSA) is 83.7 Å². The number of aliphatic imine (C=N–C) groups is 1. The monoisotopic (exact) mass is 258 g/mol. The zero-order chi connectivity index (χ0) is 12.3. The quantitative estimate of drug-likeness (QED) is 0.490. The third kappa shape index (κ3) is 3.04. The maximum absolute atomic E-state index is 10.4. The van der Waals surface area contributed by atoms with Crippen LogP contribution >= 0.6 is 11.6 Å². The van der Waals surface area contributed by atoms with Crippen molar-refractivity contribution in [2.24, 2.45) is 4.99 Å². The number of pyridine rings is 1. The van der Waals surface area contributed by atoms with E-state index in [1.54, 1.807) is 17.2 Å². The van der Waals surface area contributed by atoms with Crippen molar-refractivity contribution in [3.05, 3.63) is 39.2 Å². The number of rotatable bonds is 3. The lowest BCUT2D eigenvalue weighted by atomic mass is 10.3. The van der Waals surface area contributed by atoms with Gasteiger partial charge in [-0.2, -0.15) is 0 Å². The molecule has 1 aliphatic rings. The highest BCUT2D eigenvalue weighted by Gasteiger charge is 2.20. The summed E-state index contributed by atoms with van der Waals surface area (Å²) >= 11 is 5.68. The molecule has 90 valence electrons. The van der Waals surface area contributed by atoms with E-state index in [1.165, 1.54) is 0 Å². The first-order valence-corrected chi connectivity index (χ1v) is 5.34. The van der Waals surface area contributed by atoms with Crippen LogP contribution in [-0.4, -0.2) is 34.0 Å². The van der Waals surface area contributed by atoms with Crippen molar-refractivity contribution in [1.29, 1.82) is 0 Å². The van der Waals surface area contributed by atoms with Gasteiger partial charge < -0.3 is 4.90 Å². The molecule has 0 saturated carbocycles. The molecule has 0 amide bonds. The second-order valence-corrected chi connectivity index (χ2v) is 3.87. The van der Waals surface area contributed by atoms with Gasteiger partial charge in [-0.3, -0.25) is 0 Å². The maximum Gasteiger partial charge on any atom is 0.257 e. The lowest BCUT2D eigenvalue weighted by molar-refractivity contribution is -0.526. The molecule has 0 saturated heterocycles. The molecule has 0 aliphatic carbocycles. The highest BCUT2D eigenvalue weighted by Crippen LogP contribution is 2.10. The Balaban J connectivity index is 2.01. The van der Waals surface area contributed by atoms with Crippen LogP contribution in [0.2, 0.25) is 5.15 Å². The van der Waals surface area contributed by atoms with Crippen LogP contribution in [0.5, 0.6) is 0 Å². The molecule has 0 radical (unpaired) electrons. The first-order valence-electron chi connectivity index (χ1n) is 4.96. The fourth-order valence-electron chi connectivity index (χ4n) is 1.54. The van der Waals surface area contributed by atoms with E-state index in [0.717, 1.165) is 5.56 Å². The molecule has 17 heavy (non-hydrogen) atoms. The van der Waals surface area contributed by atoms with Gasteiger partial charge in [0.1, 0.15) is 5.15 Å². The zero-order valence-corrected chi connectivity index (χ0v) is 9.59. The fourth-order valence-corrected chi connectivity index (χ4v) is 1.66. The SMILES string of the molecule is O=[N+]([O-])NC1=NCCN1Cc1c[13cH][13c](Cl)[15n]c1. The van der Waals surface area contributed by atoms with Gasteiger partial charge in [-0.15, -0.1) is 0 Å². The van der Waals surface area contributed by atoms with Gasteiger partial charge in [-0.25, -0.2) is 20.1 Å². The minimum absolute atomic E-state index is 0.282. The molecule has 2 rings (SSSR count). The number of nitrogens with zero attached hydrogens (tertiary/aromatic N) is 4. The number of hydrogen-bond donors (Lipinski definition) is 1. The summed E-state index contributed by atoms with van der Waals surface area (Å²) in [4.78, 5) is 20.1. The Morgan fingerprint density at radius 1 is 1.59 bits per heavy atom. The highest BCUT2D eigenvalue weighted by atomic mass is 35.5. The van der Waals surface area contributed by atoms with Crippen molar-refractivity contribution in [3.8, 4) is 0 Å². The molecule has 0 atom stereocenters. The van der Waals surface area contributed by atoms with Crippen molar-refractivity contribution in [1.82, 2.24) is 15.3 Å². The lowest BCUT2D eigenvalue weighted by Crippen LogP contribution is -2.40. The van der Waals surface area contributed by atoms with Gasteiger partial charge in [0, 0.05) is 19.3 Å². The molecule has 0 spiro atoms. The molecule has 1 N–H and O–H groups in total. The maximum atomic E-state index is 10.4. The number of halogens is 1. The van der Waals surface area contributed by atoms with Crippen LogP contribution in [0.3, 0.4) is 0 Å². The van der Waals surface area contributed by atoms with E-state index in [0.29, 0.717) is 24.8 Å². The van der Waals surface area contributed by atoms with Gasteiger partial charge in [-0.05, 0) is 11.6 Å². The van der Waals surface area contributed by atoms with Gasteiger partial charge in [0.05, 0.1) is 6.54 Å². The van der Waals surface area contributed by atoms with E-state index in [4.69, 9.17) is 11.6 Å². The summed E-state index contributed by atoms with van der Waals surface area (Å²) in [6.45, 7) is 1.72. The largest absolute Gasteiger partial charge is 0.332 e. The van der Waals surface area contributed by atoms with Gasteiger partial charge in [0.25, 0.3) is 5.96 Å². The van der Waals surface area contributed by atoms with Crippen LogP contribution in [-0.2, 0) is 6.54 Å². The van der Waals surface area contributed by atoms with E-state index in [-0.39, 0.29) is 5.96 Å². The Labute approximate surface area is 102 Å². The van der Waals surface area contributed by atoms with Crippen molar-refractivity contribution in [3.63, 3.8) is 0 Å². The normalized spacial score (nSPS) is 14.6. The van der Waals surface area contributed by atoms with E-state index in [2.05, 4.69) is 15.4 Å². The Hall–Kier alpha value is -1.89. The summed E-state index contributed by atoms with van der Waals surface area (Å²) < 4.78 is 0. The minimum atomic E-state index is -0.614. The zero-order valence-electron chi connectivity index (χ0n) is 8.84. The van der Waals surface area contributed by atoms with Crippen LogP contribution in [0.25, 0.3) is 0 Å². The summed E-state index contributed by atoms with van der Waals surface area (Å²) in [7, 11) is 0. The Morgan fingerprint density at radius 2 is 2.41 bits per heavy atom. The number of aromatic nitrogens is 1. The predicted octanol–water partition coefficient (Wildman–Crippen LogP) is 0.688. The summed E-state index contributed by atoms with van der Waals surface area (Å²) in [6.07, 6.45) is 1.64. The molecule has 0 bridgehead atoms. The first kappa shape index (κ1) is 11.6. The molecule has 0 unspecified atom stereocenters. The standard InChI is InChI=1S/C9H10ClN5O2/c10-8-2-1-7(5-12-8)6-14-4-3-11-9(14)13-15(16)17/h1-2,5H,3-4,6H2,(H,11,13)/i2+1,8+1,12+1. The van der Waals surface area contributed by atoms with Gasteiger partial charge >= 0.3 is 0 Å². The summed E-state index contributed by atoms with van der Waals surface area (Å²) in [6, 6.07) is 3.52. The molecule has 1 aromatic heterocycles. The summed E-state index contributed by atoms with van der Waals surface area (Å²) in [5.74, 6) is 0.282. The lowest BCUT2D eigenvalue weighted by Gasteiger charge is -2.17. The number of guanidine groups is 1. The van der Waals surface area contributed by atoms with Crippen molar-refractivity contribution in [2.75, 3.05) is 13.1 Å². The number of hydrazine groups is 1. The van der Waals surface area contributed by atoms with Crippen LogP contribution in [0.1, 0.15) is 5.56 Å². The van der Waals surface area contributed by atoms with Gasteiger partial charge in [0.15, 0.2) is 5.03 Å². The Morgan fingerprint density at radius 3 is 3.06 bits per heavy atom. The van der Waals surface area contributed by atoms with Crippen LogP contribution in [0.4, 0.5) is 0 Å². The van der Waals surface area contributed by atoms with Crippen molar-refractivity contribution in [2.45, 2.75) is 6.54 Å². The third-order valence-corrected chi connectivity index (χ3v) is 2.51. The fraction of sp³-hybridized carbons (Fsp3) is 0.333. The molecule has 0 aromatic carbocycles. The van der Waals surface area contributed by atoms with E-state index >= 15 is 0 Å².